The van der Waals surface area contributed by atoms with Crippen LogP contribution in [0.1, 0.15) is 26.2 Å². The van der Waals surface area contributed by atoms with Crippen molar-refractivity contribution in [1.29, 1.82) is 0 Å². The fraction of sp³-hybridized carbons (Fsp3) is 0.667. The molecule has 1 saturated carbocycles. The lowest BCUT2D eigenvalue weighted by Crippen LogP contribution is -2.43. The van der Waals surface area contributed by atoms with Crippen LogP contribution in [0.3, 0.4) is 0 Å². The van der Waals surface area contributed by atoms with Crippen LogP contribution in [0, 0.1) is 0 Å². The lowest BCUT2D eigenvalue weighted by Gasteiger charge is -2.28. The van der Waals surface area contributed by atoms with E-state index < -0.39 is 5.97 Å². The Balaban J connectivity index is 2.53. The molecule has 0 aliphatic heterocycles. The van der Waals surface area contributed by atoms with Crippen LogP contribution >= 0.6 is 0 Å². The van der Waals surface area contributed by atoms with Gasteiger partial charge in [0.1, 0.15) is 0 Å². The molecule has 1 rings (SSSR count). The van der Waals surface area contributed by atoms with Gasteiger partial charge in [0, 0.05) is 26.2 Å². The lowest BCUT2D eigenvalue weighted by molar-refractivity contribution is -0.137. The summed E-state index contributed by atoms with van der Waals surface area (Å²) in [6.07, 6.45) is 1.96. The first-order chi connectivity index (χ1) is 7.91. The van der Waals surface area contributed by atoms with E-state index in [4.69, 9.17) is 5.11 Å². The van der Waals surface area contributed by atoms with E-state index in [9.17, 15) is 9.59 Å². The fourth-order valence-corrected chi connectivity index (χ4v) is 1.73. The van der Waals surface area contributed by atoms with Gasteiger partial charge in [0.2, 0.25) is 0 Å². The molecule has 1 aliphatic carbocycles. The van der Waals surface area contributed by atoms with Crippen molar-refractivity contribution in [1.82, 2.24) is 9.80 Å². The number of carboxylic acid groups (broad SMARTS) is 1. The second kappa shape index (κ2) is 5.70. The third-order valence-electron chi connectivity index (χ3n) is 2.63. The summed E-state index contributed by atoms with van der Waals surface area (Å²) in [7, 11) is 1.72. The van der Waals surface area contributed by atoms with Crippen LogP contribution in [0.25, 0.3) is 0 Å². The molecule has 0 radical (unpaired) electrons. The summed E-state index contributed by atoms with van der Waals surface area (Å²) in [6.45, 7) is 6.43. The Bertz CT molecular complexity index is 324. The Kier molecular flexibility index (Phi) is 4.54. The maximum absolute atomic E-state index is 12.1. The Morgan fingerprint density at radius 1 is 1.41 bits per heavy atom. The molecule has 0 aromatic heterocycles. The largest absolute Gasteiger partial charge is 0.481 e. The summed E-state index contributed by atoms with van der Waals surface area (Å²) in [5.41, 5.74) is 0.912. The van der Waals surface area contributed by atoms with Gasteiger partial charge < -0.3 is 14.9 Å². The van der Waals surface area contributed by atoms with E-state index in [-0.39, 0.29) is 18.5 Å². The molecule has 1 fully saturated rings. The van der Waals surface area contributed by atoms with Crippen molar-refractivity contribution in [3.8, 4) is 0 Å². The molecule has 96 valence electrons. The van der Waals surface area contributed by atoms with Crippen LogP contribution in [-0.4, -0.2) is 53.1 Å². The maximum Gasteiger partial charge on any atom is 0.320 e. The number of rotatable bonds is 6. The monoisotopic (exact) mass is 240 g/mol. The van der Waals surface area contributed by atoms with Crippen LogP contribution in [0.2, 0.25) is 0 Å². The van der Waals surface area contributed by atoms with Gasteiger partial charge in [-0.2, -0.15) is 0 Å². The molecule has 2 amide bonds. The van der Waals surface area contributed by atoms with E-state index in [1.165, 1.54) is 0 Å². The molecule has 1 aliphatic rings. The van der Waals surface area contributed by atoms with E-state index in [1.807, 2.05) is 6.92 Å². The van der Waals surface area contributed by atoms with Gasteiger partial charge in [-0.05, 0) is 19.8 Å². The van der Waals surface area contributed by atoms with Gasteiger partial charge in [-0.1, -0.05) is 12.2 Å². The highest BCUT2D eigenvalue weighted by Crippen LogP contribution is 2.27. The zero-order chi connectivity index (χ0) is 13.0. The van der Waals surface area contributed by atoms with Gasteiger partial charge in [-0.25, -0.2) is 4.79 Å². The minimum atomic E-state index is -0.869. The smallest absolute Gasteiger partial charge is 0.320 e. The second-order valence-corrected chi connectivity index (χ2v) is 4.66. The number of aliphatic carboxylic acids is 1. The number of carbonyl (C=O) groups excluding carboxylic acids is 1. The molecule has 0 unspecified atom stereocenters. The van der Waals surface area contributed by atoms with Crippen molar-refractivity contribution in [3.05, 3.63) is 12.2 Å². The molecule has 0 heterocycles. The summed E-state index contributed by atoms with van der Waals surface area (Å²) in [5, 5.41) is 8.66. The Morgan fingerprint density at radius 2 is 2.00 bits per heavy atom. The minimum Gasteiger partial charge on any atom is -0.481 e. The average molecular weight is 240 g/mol. The number of amides is 2. The quantitative estimate of drug-likeness (QED) is 0.717. The third kappa shape index (κ3) is 4.46. The van der Waals surface area contributed by atoms with E-state index in [1.54, 1.807) is 16.8 Å². The molecule has 0 bridgehead atoms. The topological polar surface area (TPSA) is 60.9 Å². The van der Waals surface area contributed by atoms with Crippen molar-refractivity contribution >= 4 is 12.0 Å². The van der Waals surface area contributed by atoms with Gasteiger partial charge >= 0.3 is 12.0 Å². The zero-order valence-corrected chi connectivity index (χ0v) is 10.5. The number of urea groups is 1. The van der Waals surface area contributed by atoms with Crippen LogP contribution in [-0.2, 0) is 4.79 Å². The summed E-state index contributed by atoms with van der Waals surface area (Å²) in [4.78, 5) is 25.9. The van der Waals surface area contributed by atoms with Crippen LogP contribution in [0.4, 0.5) is 4.79 Å². The van der Waals surface area contributed by atoms with Gasteiger partial charge in [0.15, 0.2) is 0 Å². The Labute approximate surface area is 102 Å². The fourth-order valence-electron chi connectivity index (χ4n) is 1.73. The first-order valence-electron chi connectivity index (χ1n) is 5.79. The number of carbonyl (C=O) groups is 2. The first kappa shape index (κ1) is 13.5. The Morgan fingerprint density at radius 3 is 2.41 bits per heavy atom. The number of nitrogens with zero attached hydrogens (tertiary/aromatic N) is 2. The molecule has 0 atom stereocenters. The zero-order valence-electron chi connectivity index (χ0n) is 10.5. The summed E-state index contributed by atoms with van der Waals surface area (Å²) < 4.78 is 0. The van der Waals surface area contributed by atoms with Crippen molar-refractivity contribution in [2.45, 2.75) is 32.2 Å². The summed E-state index contributed by atoms with van der Waals surface area (Å²) >= 11 is 0. The first-order valence-corrected chi connectivity index (χ1v) is 5.79. The number of likely N-dealkylation sites (N-methyl/N-ethyl adjacent to an activating group) is 1. The molecule has 1 N–H and O–H groups in total. The van der Waals surface area contributed by atoms with Gasteiger partial charge in [0.25, 0.3) is 0 Å². The highest BCUT2D eigenvalue weighted by atomic mass is 16.4. The summed E-state index contributed by atoms with van der Waals surface area (Å²) in [5.74, 6) is -0.869. The molecule has 0 aromatic rings. The molecular formula is C12H20N2O3. The molecule has 0 aromatic carbocycles. The van der Waals surface area contributed by atoms with E-state index >= 15 is 0 Å². The standard InChI is InChI=1S/C12H20N2O3/c1-9(2)8-13(3)12(17)14(10-4-5-10)7-6-11(15)16/h10H,1,4-8H2,2-3H3,(H,15,16). The van der Waals surface area contributed by atoms with Crippen molar-refractivity contribution in [2.75, 3.05) is 20.1 Å². The number of hydrogen-bond acceptors (Lipinski definition) is 2. The van der Waals surface area contributed by atoms with Crippen LogP contribution in [0.5, 0.6) is 0 Å². The Hall–Kier alpha value is -1.52. The van der Waals surface area contributed by atoms with Crippen LogP contribution in [0.15, 0.2) is 12.2 Å². The normalized spacial score (nSPS) is 14.2. The average Bonchev–Trinajstić information content (AvgIpc) is 3.00. The van der Waals surface area contributed by atoms with Gasteiger partial charge in [-0.15, -0.1) is 0 Å². The maximum atomic E-state index is 12.1. The van der Waals surface area contributed by atoms with Gasteiger partial charge in [-0.3, -0.25) is 4.79 Å². The van der Waals surface area contributed by atoms with E-state index in [0.29, 0.717) is 13.1 Å². The van der Waals surface area contributed by atoms with Crippen molar-refractivity contribution in [3.63, 3.8) is 0 Å². The molecule has 5 heteroatoms. The molecule has 0 saturated heterocycles. The highest BCUT2D eigenvalue weighted by Gasteiger charge is 2.33. The van der Waals surface area contributed by atoms with E-state index in [2.05, 4.69) is 6.58 Å². The number of hydrogen-bond donors (Lipinski definition) is 1. The second-order valence-electron chi connectivity index (χ2n) is 4.66. The van der Waals surface area contributed by atoms with Gasteiger partial charge in [0.05, 0.1) is 6.42 Å². The molecule has 0 spiro atoms. The van der Waals surface area contributed by atoms with Crippen LogP contribution < -0.4 is 0 Å². The third-order valence-corrected chi connectivity index (χ3v) is 2.63. The minimum absolute atomic E-state index is 0.00313. The van der Waals surface area contributed by atoms with E-state index in [0.717, 1.165) is 18.4 Å². The predicted octanol–water partition coefficient (Wildman–Crippen LogP) is 1.55. The SMILES string of the molecule is C=C(C)CN(C)C(=O)N(CCC(=O)O)C1CC1. The summed E-state index contributed by atoms with van der Waals surface area (Å²) in [6, 6.07) is 0.131. The van der Waals surface area contributed by atoms with Crippen molar-refractivity contribution < 1.29 is 14.7 Å². The molecular weight excluding hydrogens is 220 g/mol. The van der Waals surface area contributed by atoms with Crippen molar-refractivity contribution in [2.24, 2.45) is 0 Å². The molecule has 17 heavy (non-hydrogen) atoms. The highest BCUT2D eigenvalue weighted by molar-refractivity contribution is 5.76. The lowest BCUT2D eigenvalue weighted by atomic mass is 10.3. The number of carboxylic acids is 1. The predicted molar refractivity (Wildman–Crippen MR) is 64.8 cm³/mol. The molecule has 5 nitrogen and oxygen atoms in total.